The Kier molecular flexibility index (Phi) is 4.87. The van der Waals surface area contributed by atoms with E-state index in [0.717, 1.165) is 74.7 Å². The van der Waals surface area contributed by atoms with Gasteiger partial charge in [-0.2, -0.15) is 0 Å². The van der Waals surface area contributed by atoms with Crippen LogP contribution in [0.1, 0.15) is 37.4 Å². The number of fused-ring (bicyclic) bond motifs is 1. The Balaban J connectivity index is 1.15. The first kappa shape index (κ1) is 18.1. The number of carbonyl (C=O) groups excluding carboxylic acids is 1. The number of carbonyl (C=O) groups is 1. The van der Waals surface area contributed by atoms with Crippen molar-refractivity contribution in [1.82, 2.24) is 24.8 Å². The summed E-state index contributed by atoms with van der Waals surface area (Å²) in [5.41, 5.74) is 2.12. The van der Waals surface area contributed by atoms with Gasteiger partial charge in [-0.1, -0.05) is 12.1 Å². The molecule has 2 aliphatic rings. The lowest BCUT2D eigenvalue weighted by molar-refractivity contribution is -0.137. The minimum Gasteiger partial charge on any atom is -0.342 e. The van der Waals surface area contributed by atoms with Crippen molar-refractivity contribution in [2.75, 3.05) is 31.1 Å². The molecular formula is C22H26N6O. The Morgan fingerprint density at radius 3 is 2.38 bits per heavy atom. The van der Waals surface area contributed by atoms with Gasteiger partial charge in [0.15, 0.2) is 0 Å². The number of aromatic nitrogens is 4. The molecule has 2 fully saturated rings. The summed E-state index contributed by atoms with van der Waals surface area (Å²) in [6.07, 6.45) is 7.24. The number of piperidine rings is 2. The number of nitrogens with zero attached hydrogens (tertiary/aromatic N) is 5. The lowest BCUT2D eigenvalue weighted by atomic mass is 9.92. The van der Waals surface area contributed by atoms with Crippen LogP contribution in [0.15, 0.2) is 42.7 Å². The second kappa shape index (κ2) is 7.81. The standard InChI is InChI=1S/C22H26N6O/c29-21(17-8-14-28(15-9-17)22-23-10-3-11-24-22)27-12-6-16(7-13-27)20-25-18-4-1-2-5-19(18)26-20/h1-5,10-11,16-17H,6-9,12-15H2,(H,25,26). The Morgan fingerprint density at radius 1 is 0.931 bits per heavy atom. The maximum absolute atomic E-state index is 13.0. The summed E-state index contributed by atoms with van der Waals surface area (Å²) in [5.74, 6) is 2.68. The van der Waals surface area contributed by atoms with E-state index in [4.69, 9.17) is 4.98 Å². The first-order valence-electron chi connectivity index (χ1n) is 10.5. The molecule has 150 valence electrons. The van der Waals surface area contributed by atoms with Gasteiger partial charge in [-0.3, -0.25) is 4.79 Å². The van der Waals surface area contributed by atoms with E-state index in [1.165, 1.54) is 0 Å². The average Bonchev–Trinajstić information content (AvgIpc) is 3.24. The number of hydrogen-bond acceptors (Lipinski definition) is 5. The van der Waals surface area contributed by atoms with Gasteiger partial charge in [0, 0.05) is 50.4 Å². The lowest BCUT2D eigenvalue weighted by Gasteiger charge is -2.37. The number of benzene rings is 1. The monoisotopic (exact) mass is 390 g/mol. The van der Waals surface area contributed by atoms with Gasteiger partial charge >= 0.3 is 0 Å². The molecule has 2 aromatic heterocycles. The summed E-state index contributed by atoms with van der Waals surface area (Å²) >= 11 is 0. The Morgan fingerprint density at radius 2 is 1.66 bits per heavy atom. The average molecular weight is 390 g/mol. The second-order valence-corrected chi connectivity index (χ2v) is 8.05. The third kappa shape index (κ3) is 3.69. The quantitative estimate of drug-likeness (QED) is 0.744. The van der Waals surface area contributed by atoms with Crippen molar-refractivity contribution in [2.45, 2.75) is 31.6 Å². The zero-order valence-electron chi connectivity index (χ0n) is 16.5. The molecule has 0 bridgehead atoms. The Labute approximate surface area is 170 Å². The highest BCUT2D eigenvalue weighted by Gasteiger charge is 2.32. The molecule has 5 rings (SSSR count). The normalized spacial score (nSPS) is 19.0. The van der Waals surface area contributed by atoms with Crippen LogP contribution >= 0.6 is 0 Å². The van der Waals surface area contributed by atoms with Crippen LogP contribution in [-0.2, 0) is 4.79 Å². The van der Waals surface area contributed by atoms with Crippen molar-refractivity contribution in [3.05, 3.63) is 48.5 Å². The number of para-hydroxylation sites is 2. The molecule has 4 heterocycles. The van der Waals surface area contributed by atoms with Crippen molar-refractivity contribution < 1.29 is 4.79 Å². The van der Waals surface area contributed by atoms with Gasteiger partial charge in [-0.15, -0.1) is 0 Å². The number of nitrogens with one attached hydrogen (secondary N) is 1. The molecule has 0 unspecified atom stereocenters. The van der Waals surface area contributed by atoms with Gasteiger partial charge < -0.3 is 14.8 Å². The topological polar surface area (TPSA) is 78.0 Å². The van der Waals surface area contributed by atoms with E-state index in [-0.39, 0.29) is 5.92 Å². The minimum absolute atomic E-state index is 0.123. The zero-order valence-corrected chi connectivity index (χ0v) is 16.5. The van der Waals surface area contributed by atoms with Gasteiger partial charge in [-0.05, 0) is 43.9 Å². The van der Waals surface area contributed by atoms with Crippen LogP contribution in [0.4, 0.5) is 5.95 Å². The van der Waals surface area contributed by atoms with Crippen LogP contribution in [0.2, 0.25) is 0 Å². The van der Waals surface area contributed by atoms with Crippen LogP contribution in [0.25, 0.3) is 11.0 Å². The number of likely N-dealkylation sites (tertiary alicyclic amines) is 1. The second-order valence-electron chi connectivity index (χ2n) is 8.05. The molecule has 2 saturated heterocycles. The van der Waals surface area contributed by atoms with E-state index >= 15 is 0 Å². The fourth-order valence-electron chi connectivity index (χ4n) is 4.58. The van der Waals surface area contributed by atoms with Crippen LogP contribution in [0.5, 0.6) is 0 Å². The van der Waals surface area contributed by atoms with Crippen LogP contribution in [0, 0.1) is 5.92 Å². The molecule has 3 aromatic rings. The molecule has 0 spiro atoms. The molecule has 29 heavy (non-hydrogen) atoms. The predicted molar refractivity (Wildman–Crippen MR) is 112 cm³/mol. The number of H-pyrrole nitrogens is 1. The number of rotatable bonds is 3. The largest absolute Gasteiger partial charge is 0.342 e. The van der Waals surface area contributed by atoms with E-state index in [1.807, 2.05) is 24.3 Å². The zero-order chi connectivity index (χ0) is 19.6. The van der Waals surface area contributed by atoms with Crippen molar-refractivity contribution in [2.24, 2.45) is 5.92 Å². The van der Waals surface area contributed by atoms with Crippen molar-refractivity contribution in [1.29, 1.82) is 0 Å². The number of anilines is 1. The number of amides is 1. The lowest BCUT2D eigenvalue weighted by Crippen LogP contribution is -2.45. The molecule has 1 N–H and O–H groups in total. The SMILES string of the molecule is O=C(C1CCN(c2ncccn2)CC1)N1CCC(c2nc3ccccc3[nH]2)CC1. The van der Waals surface area contributed by atoms with Gasteiger partial charge in [0.1, 0.15) is 5.82 Å². The number of hydrogen-bond donors (Lipinski definition) is 1. The van der Waals surface area contributed by atoms with E-state index < -0.39 is 0 Å². The summed E-state index contributed by atoms with van der Waals surface area (Å²) in [7, 11) is 0. The molecular weight excluding hydrogens is 364 g/mol. The van der Waals surface area contributed by atoms with E-state index in [0.29, 0.717) is 11.8 Å². The fourth-order valence-corrected chi connectivity index (χ4v) is 4.58. The maximum atomic E-state index is 13.0. The summed E-state index contributed by atoms with van der Waals surface area (Å²) in [6.45, 7) is 3.33. The molecule has 0 atom stereocenters. The number of imidazole rings is 1. The number of aromatic amines is 1. The van der Waals surface area contributed by atoms with Gasteiger partial charge in [0.25, 0.3) is 0 Å². The van der Waals surface area contributed by atoms with Crippen LogP contribution in [-0.4, -0.2) is 56.9 Å². The first-order valence-corrected chi connectivity index (χ1v) is 10.5. The predicted octanol–water partition coefficient (Wildman–Crippen LogP) is 2.98. The van der Waals surface area contributed by atoms with E-state index in [9.17, 15) is 4.79 Å². The summed E-state index contributed by atoms with van der Waals surface area (Å²) in [5, 5.41) is 0. The van der Waals surface area contributed by atoms with Crippen molar-refractivity contribution in [3.8, 4) is 0 Å². The van der Waals surface area contributed by atoms with Gasteiger partial charge in [-0.25, -0.2) is 15.0 Å². The highest BCUT2D eigenvalue weighted by atomic mass is 16.2. The molecule has 0 aliphatic carbocycles. The smallest absolute Gasteiger partial charge is 0.225 e. The van der Waals surface area contributed by atoms with E-state index in [1.54, 1.807) is 12.4 Å². The summed E-state index contributed by atoms with van der Waals surface area (Å²) in [6, 6.07) is 9.98. The molecule has 7 heteroatoms. The highest BCUT2D eigenvalue weighted by molar-refractivity contribution is 5.79. The van der Waals surface area contributed by atoms with E-state index in [2.05, 4.69) is 30.8 Å². The molecule has 1 amide bonds. The van der Waals surface area contributed by atoms with Crippen molar-refractivity contribution >= 4 is 22.9 Å². The van der Waals surface area contributed by atoms with Crippen molar-refractivity contribution in [3.63, 3.8) is 0 Å². The van der Waals surface area contributed by atoms with Crippen LogP contribution < -0.4 is 4.90 Å². The first-order chi connectivity index (χ1) is 14.3. The third-order valence-corrected chi connectivity index (χ3v) is 6.28. The fraction of sp³-hybridized carbons (Fsp3) is 0.455. The van der Waals surface area contributed by atoms with Gasteiger partial charge in [0.05, 0.1) is 11.0 Å². The molecule has 0 radical (unpaired) electrons. The van der Waals surface area contributed by atoms with Crippen LogP contribution in [0.3, 0.4) is 0 Å². The Bertz CT molecular complexity index is 938. The molecule has 2 aliphatic heterocycles. The van der Waals surface area contributed by atoms with Gasteiger partial charge in [0.2, 0.25) is 11.9 Å². The maximum Gasteiger partial charge on any atom is 0.225 e. The molecule has 0 saturated carbocycles. The summed E-state index contributed by atoms with van der Waals surface area (Å²) < 4.78 is 0. The summed E-state index contributed by atoms with van der Waals surface area (Å²) in [4.78, 5) is 34.1. The Hall–Kier alpha value is -2.96. The highest BCUT2D eigenvalue weighted by Crippen LogP contribution is 2.30. The molecule has 7 nitrogen and oxygen atoms in total. The minimum atomic E-state index is 0.123. The third-order valence-electron chi connectivity index (χ3n) is 6.28. The molecule has 1 aromatic carbocycles.